The molecule has 0 radical (unpaired) electrons. The number of benzene rings is 1. The minimum atomic E-state index is -3.55. The third-order valence-electron chi connectivity index (χ3n) is 2.20. The number of nitrogens with one attached hydrogen (secondary N) is 1. The van der Waals surface area contributed by atoms with E-state index in [4.69, 9.17) is 18.0 Å². The Hall–Kier alpha value is -1.18. The molecule has 0 unspecified atom stereocenters. The van der Waals surface area contributed by atoms with Gasteiger partial charge < -0.3 is 5.73 Å². The summed E-state index contributed by atoms with van der Waals surface area (Å²) in [4.78, 5) is 0.166. The Labute approximate surface area is 107 Å². The van der Waals surface area contributed by atoms with Gasteiger partial charge in [-0.15, -0.1) is 0 Å². The number of hydrogen-bond donors (Lipinski definition) is 2. The second-order valence-electron chi connectivity index (χ2n) is 3.35. The molecule has 0 aliphatic carbocycles. The molecule has 0 aliphatic rings. The molecular weight excluding hydrogens is 258 g/mol. The van der Waals surface area contributed by atoms with E-state index < -0.39 is 10.2 Å². The first-order chi connectivity index (χ1) is 7.90. The Morgan fingerprint density at radius 2 is 2.06 bits per heavy atom. The van der Waals surface area contributed by atoms with E-state index >= 15 is 0 Å². The van der Waals surface area contributed by atoms with Crippen LogP contribution in [-0.4, -0.2) is 27.0 Å². The van der Waals surface area contributed by atoms with Gasteiger partial charge >= 0.3 is 10.2 Å². The van der Waals surface area contributed by atoms with Crippen LogP contribution in [-0.2, 0) is 10.2 Å². The van der Waals surface area contributed by atoms with Crippen LogP contribution in [0.2, 0.25) is 0 Å². The minimum Gasteiger partial charge on any atom is -0.389 e. The van der Waals surface area contributed by atoms with E-state index in [9.17, 15) is 8.42 Å². The van der Waals surface area contributed by atoms with Crippen molar-refractivity contribution in [1.82, 2.24) is 4.72 Å². The molecule has 7 heteroatoms. The van der Waals surface area contributed by atoms with Crippen molar-refractivity contribution in [3.63, 3.8) is 0 Å². The molecule has 5 nitrogen and oxygen atoms in total. The second kappa shape index (κ2) is 5.44. The van der Waals surface area contributed by atoms with Gasteiger partial charge in [-0.1, -0.05) is 31.3 Å². The van der Waals surface area contributed by atoms with Crippen LogP contribution in [0, 0.1) is 0 Å². The first-order valence-corrected chi connectivity index (χ1v) is 6.87. The van der Waals surface area contributed by atoms with Gasteiger partial charge in [-0.25, -0.2) is 0 Å². The Morgan fingerprint density at radius 3 is 2.59 bits per heavy atom. The van der Waals surface area contributed by atoms with Gasteiger partial charge in [0.15, 0.2) is 0 Å². The number of para-hydroxylation sites is 1. The fourth-order valence-electron chi connectivity index (χ4n) is 1.37. The molecule has 0 atom stereocenters. The van der Waals surface area contributed by atoms with Crippen molar-refractivity contribution in [2.45, 2.75) is 6.92 Å². The van der Waals surface area contributed by atoms with Gasteiger partial charge in [0.25, 0.3) is 0 Å². The Balaban J connectivity index is 3.21. The first kappa shape index (κ1) is 13.9. The number of nitrogens with two attached hydrogens (primary N) is 1. The van der Waals surface area contributed by atoms with Gasteiger partial charge in [0.1, 0.15) is 4.99 Å². The van der Waals surface area contributed by atoms with Crippen LogP contribution in [0.25, 0.3) is 0 Å². The predicted molar refractivity (Wildman–Crippen MR) is 73.3 cm³/mol. The van der Waals surface area contributed by atoms with Crippen LogP contribution in [0.4, 0.5) is 5.69 Å². The zero-order chi connectivity index (χ0) is 13.1. The molecule has 3 N–H and O–H groups in total. The normalized spacial score (nSPS) is 11.2. The van der Waals surface area contributed by atoms with Gasteiger partial charge in [0.2, 0.25) is 0 Å². The van der Waals surface area contributed by atoms with Gasteiger partial charge in [-0.05, 0) is 12.1 Å². The number of anilines is 1. The van der Waals surface area contributed by atoms with Crippen molar-refractivity contribution in [2.24, 2.45) is 5.73 Å². The fourth-order valence-corrected chi connectivity index (χ4v) is 2.51. The van der Waals surface area contributed by atoms with Gasteiger partial charge in [0.05, 0.1) is 5.69 Å². The summed E-state index contributed by atoms with van der Waals surface area (Å²) in [6.45, 7) is 2.03. The summed E-state index contributed by atoms with van der Waals surface area (Å²) in [6, 6.07) is 6.83. The molecule has 0 aliphatic heterocycles. The summed E-state index contributed by atoms with van der Waals surface area (Å²) in [5, 5.41) is 0. The lowest BCUT2D eigenvalue weighted by Gasteiger charge is -2.21. The fraction of sp³-hybridized carbons (Fsp3) is 0.300. The monoisotopic (exact) mass is 273 g/mol. The van der Waals surface area contributed by atoms with Gasteiger partial charge in [-0.3, -0.25) is 4.31 Å². The molecule has 1 rings (SSSR count). The summed E-state index contributed by atoms with van der Waals surface area (Å²) in [6.07, 6.45) is 0. The standard InChI is InChI=1S/C10H15N3O2S2/c1-3-12-17(14,15)13(2)9-7-5-4-6-8(9)10(11)16/h4-7,12H,3H2,1-2H3,(H2,11,16). The van der Waals surface area contributed by atoms with Crippen molar-refractivity contribution in [3.05, 3.63) is 29.8 Å². The smallest absolute Gasteiger partial charge is 0.301 e. The number of rotatable bonds is 5. The average molecular weight is 273 g/mol. The lowest BCUT2D eigenvalue weighted by molar-refractivity contribution is 0.582. The molecule has 0 aromatic heterocycles. The maximum atomic E-state index is 11.8. The second-order valence-corrected chi connectivity index (χ2v) is 5.58. The van der Waals surface area contributed by atoms with Crippen LogP contribution in [0.5, 0.6) is 0 Å². The summed E-state index contributed by atoms with van der Waals surface area (Å²) >= 11 is 4.89. The molecule has 0 spiro atoms. The van der Waals surface area contributed by atoms with E-state index in [0.717, 1.165) is 4.31 Å². The van der Waals surface area contributed by atoms with E-state index in [0.29, 0.717) is 17.8 Å². The molecule has 17 heavy (non-hydrogen) atoms. The number of nitrogens with zero attached hydrogens (tertiary/aromatic N) is 1. The molecule has 1 aromatic carbocycles. The van der Waals surface area contributed by atoms with E-state index in [1.54, 1.807) is 31.2 Å². The first-order valence-electron chi connectivity index (χ1n) is 5.02. The topological polar surface area (TPSA) is 75.4 Å². The highest BCUT2D eigenvalue weighted by Gasteiger charge is 2.19. The molecule has 0 amide bonds. The predicted octanol–water partition coefficient (Wildman–Crippen LogP) is 0.611. The Morgan fingerprint density at radius 1 is 1.47 bits per heavy atom. The summed E-state index contributed by atoms with van der Waals surface area (Å²) in [7, 11) is -2.10. The third-order valence-corrected chi connectivity index (χ3v) is 3.99. The van der Waals surface area contributed by atoms with Crippen molar-refractivity contribution >= 4 is 33.1 Å². The quantitative estimate of drug-likeness (QED) is 0.771. The maximum absolute atomic E-state index is 11.8. The zero-order valence-electron chi connectivity index (χ0n) is 9.67. The summed E-state index contributed by atoms with van der Waals surface area (Å²) < 4.78 is 27.2. The Bertz CT molecular complexity index is 514. The lowest BCUT2D eigenvalue weighted by Crippen LogP contribution is -2.39. The molecule has 94 valence electrons. The summed E-state index contributed by atoms with van der Waals surface area (Å²) in [5.74, 6) is 0. The maximum Gasteiger partial charge on any atom is 0.301 e. The largest absolute Gasteiger partial charge is 0.389 e. The average Bonchev–Trinajstić information content (AvgIpc) is 2.28. The van der Waals surface area contributed by atoms with E-state index in [2.05, 4.69) is 4.72 Å². The SMILES string of the molecule is CCNS(=O)(=O)N(C)c1ccccc1C(N)=S. The molecule has 0 saturated carbocycles. The van der Waals surface area contributed by atoms with E-state index in [1.807, 2.05) is 0 Å². The third kappa shape index (κ3) is 3.15. The molecule has 0 fully saturated rings. The number of thiocarbonyl (C=S) groups is 1. The van der Waals surface area contributed by atoms with Crippen molar-refractivity contribution in [2.75, 3.05) is 17.9 Å². The molecule has 1 aromatic rings. The van der Waals surface area contributed by atoms with Crippen LogP contribution < -0.4 is 14.8 Å². The minimum absolute atomic E-state index is 0.166. The van der Waals surface area contributed by atoms with Crippen molar-refractivity contribution < 1.29 is 8.42 Å². The highest BCUT2D eigenvalue weighted by atomic mass is 32.2. The lowest BCUT2D eigenvalue weighted by atomic mass is 10.2. The van der Waals surface area contributed by atoms with Gasteiger partial charge in [-0.2, -0.15) is 13.1 Å². The highest BCUT2D eigenvalue weighted by molar-refractivity contribution is 7.90. The van der Waals surface area contributed by atoms with Crippen molar-refractivity contribution in [3.8, 4) is 0 Å². The van der Waals surface area contributed by atoms with Crippen LogP contribution in [0.3, 0.4) is 0 Å². The van der Waals surface area contributed by atoms with E-state index in [1.165, 1.54) is 7.05 Å². The van der Waals surface area contributed by atoms with Gasteiger partial charge in [0, 0.05) is 19.2 Å². The van der Waals surface area contributed by atoms with Crippen LogP contribution >= 0.6 is 12.2 Å². The zero-order valence-corrected chi connectivity index (χ0v) is 11.3. The van der Waals surface area contributed by atoms with Crippen LogP contribution in [0.15, 0.2) is 24.3 Å². The van der Waals surface area contributed by atoms with Crippen LogP contribution in [0.1, 0.15) is 12.5 Å². The molecule has 0 heterocycles. The highest BCUT2D eigenvalue weighted by Crippen LogP contribution is 2.20. The molecular formula is C10H15N3O2S2. The molecule has 0 saturated heterocycles. The Kier molecular flexibility index (Phi) is 4.44. The van der Waals surface area contributed by atoms with E-state index in [-0.39, 0.29) is 4.99 Å². The summed E-state index contributed by atoms with van der Waals surface area (Å²) in [5.41, 5.74) is 6.55. The number of hydrogen-bond acceptors (Lipinski definition) is 3. The van der Waals surface area contributed by atoms with Crippen molar-refractivity contribution in [1.29, 1.82) is 0 Å². The molecule has 0 bridgehead atoms.